The van der Waals surface area contributed by atoms with Crippen molar-refractivity contribution in [3.05, 3.63) is 28.8 Å². The highest BCUT2D eigenvalue weighted by atomic mass is 35.5. The molecule has 0 heterocycles. The van der Waals surface area contributed by atoms with E-state index in [1.807, 2.05) is 0 Å². The van der Waals surface area contributed by atoms with E-state index in [-0.39, 0.29) is 12.0 Å². The van der Waals surface area contributed by atoms with E-state index in [1.165, 1.54) is 7.11 Å². The van der Waals surface area contributed by atoms with E-state index in [9.17, 15) is 9.90 Å². The van der Waals surface area contributed by atoms with Crippen molar-refractivity contribution in [3.63, 3.8) is 0 Å². The Morgan fingerprint density at radius 3 is 2.75 bits per heavy atom. The standard InChI is InChI=1S/C15H20ClNO3/c1-20-14-8-11(16)4-7-13(14)15(19)17-9-10-2-5-12(18)6-3-10/h4,7-8,10,12,18H,2-3,5-6,9H2,1H3,(H,17,19). The molecule has 1 aliphatic rings. The summed E-state index contributed by atoms with van der Waals surface area (Å²) in [5.41, 5.74) is 0.493. The van der Waals surface area contributed by atoms with Gasteiger partial charge in [0.05, 0.1) is 18.8 Å². The minimum atomic E-state index is -0.168. The molecule has 1 fully saturated rings. The van der Waals surface area contributed by atoms with Crippen LogP contribution in [0.3, 0.4) is 0 Å². The molecule has 0 bridgehead atoms. The van der Waals surface area contributed by atoms with E-state index >= 15 is 0 Å². The first-order chi connectivity index (χ1) is 9.60. The van der Waals surface area contributed by atoms with E-state index in [1.54, 1.807) is 18.2 Å². The normalized spacial score (nSPS) is 22.4. The highest BCUT2D eigenvalue weighted by molar-refractivity contribution is 6.30. The minimum absolute atomic E-state index is 0.148. The summed E-state index contributed by atoms with van der Waals surface area (Å²) in [5, 5.41) is 12.9. The second-order valence-corrected chi connectivity index (χ2v) is 5.67. The number of aliphatic hydroxyl groups is 1. The summed E-state index contributed by atoms with van der Waals surface area (Å²) in [5.74, 6) is 0.777. The maximum absolute atomic E-state index is 12.2. The molecule has 0 aliphatic heterocycles. The van der Waals surface area contributed by atoms with Crippen molar-refractivity contribution in [2.45, 2.75) is 31.8 Å². The molecule has 5 heteroatoms. The van der Waals surface area contributed by atoms with Gasteiger partial charge in [0, 0.05) is 11.6 Å². The van der Waals surface area contributed by atoms with Gasteiger partial charge in [0.25, 0.3) is 5.91 Å². The number of hydrogen-bond donors (Lipinski definition) is 2. The number of hydrogen-bond acceptors (Lipinski definition) is 3. The van der Waals surface area contributed by atoms with Gasteiger partial charge >= 0.3 is 0 Å². The Morgan fingerprint density at radius 1 is 1.40 bits per heavy atom. The third-order valence-electron chi connectivity index (χ3n) is 3.78. The van der Waals surface area contributed by atoms with Crippen molar-refractivity contribution in [2.75, 3.05) is 13.7 Å². The van der Waals surface area contributed by atoms with Crippen LogP contribution in [0.1, 0.15) is 36.0 Å². The molecule has 20 heavy (non-hydrogen) atoms. The molecule has 0 unspecified atom stereocenters. The lowest BCUT2D eigenvalue weighted by Gasteiger charge is -2.25. The smallest absolute Gasteiger partial charge is 0.255 e. The van der Waals surface area contributed by atoms with Crippen molar-refractivity contribution in [2.24, 2.45) is 5.92 Å². The quantitative estimate of drug-likeness (QED) is 0.898. The second-order valence-electron chi connectivity index (χ2n) is 5.23. The Hall–Kier alpha value is -1.26. The Morgan fingerprint density at radius 2 is 2.10 bits per heavy atom. The first-order valence-corrected chi connectivity index (χ1v) is 7.27. The summed E-state index contributed by atoms with van der Waals surface area (Å²) in [4.78, 5) is 12.2. The lowest BCUT2D eigenvalue weighted by molar-refractivity contribution is 0.0907. The van der Waals surface area contributed by atoms with Crippen LogP contribution in [0, 0.1) is 5.92 Å². The lowest BCUT2D eigenvalue weighted by atomic mass is 9.87. The van der Waals surface area contributed by atoms with E-state index in [4.69, 9.17) is 16.3 Å². The Balaban J connectivity index is 1.92. The number of benzene rings is 1. The van der Waals surface area contributed by atoms with Gasteiger partial charge in [-0.05, 0) is 49.8 Å². The average Bonchev–Trinajstić information content (AvgIpc) is 2.46. The molecule has 1 aromatic carbocycles. The molecule has 0 saturated heterocycles. The molecular weight excluding hydrogens is 278 g/mol. The van der Waals surface area contributed by atoms with Crippen LogP contribution in [0.5, 0.6) is 5.75 Å². The predicted molar refractivity (Wildman–Crippen MR) is 78.3 cm³/mol. The van der Waals surface area contributed by atoms with Crippen LogP contribution < -0.4 is 10.1 Å². The van der Waals surface area contributed by atoms with Gasteiger partial charge in [-0.2, -0.15) is 0 Å². The van der Waals surface area contributed by atoms with Gasteiger partial charge in [-0.15, -0.1) is 0 Å². The number of methoxy groups -OCH3 is 1. The summed E-state index contributed by atoms with van der Waals surface area (Å²) in [6.07, 6.45) is 3.40. The third kappa shape index (κ3) is 3.87. The number of carbonyl (C=O) groups excluding carboxylic acids is 1. The van der Waals surface area contributed by atoms with Crippen LogP contribution >= 0.6 is 11.6 Å². The molecule has 1 aromatic rings. The first-order valence-electron chi connectivity index (χ1n) is 6.90. The highest BCUT2D eigenvalue weighted by Crippen LogP contribution is 2.25. The molecular formula is C15H20ClNO3. The van der Waals surface area contributed by atoms with E-state index < -0.39 is 0 Å². The number of halogens is 1. The van der Waals surface area contributed by atoms with Crippen LogP contribution in [0.25, 0.3) is 0 Å². The largest absolute Gasteiger partial charge is 0.496 e. The van der Waals surface area contributed by atoms with Crippen LogP contribution in [0.4, 0.5) is 0 Å². The maximum atomic E-state index is 12.2. The van der Waals surface area contributed by atoms with Gasteiger partial charge in [0.2, 0.25) is 0 Å². The Labute approximate surface area is 124 Å². The van der Waals surface area contributed by atoms with Gasteiger partial charge in [-0.25, -0.2) is 0 Å². The lowest BCUT2D eigenvalue weighted by Crippen LogP contribution is -2.32. The molecule has 2 rings (SSSR count). The summed E-state index contributed by atoms with van der Waals surface area (Å²) in [6.45, 7) is 0.636. The summed E-state index contributed by atoms with van der Waals surface area (Å²) in [6, 6.07) is 4.98. The predicted octanol–water partition coefficient (Wildman–Crippen LogP) is 2.63. The summed E-state index contributed by atoms with van der Waals surface area (Å²) < 4.78 is 5.17. The number of rotatable bonds is 4. The molecule has 110 valence electrons. The number of ether oxygens (including phenoxy) is 1. The van der Waals surface area contributed by atoms with Crippen LogP contribution in [0.2, 0.25) is 5.02 Å². The molecule has 4 nitrogen and oxygen atoms in total. The van der Waals surface area contributed by atoms with Crippen molar-refractivity contribution in [1.29, 1.82) is 0 Å². The molecule has 1 aliphatic carbocycles. The van der Waals surface area contributed by atoms with E-state index in [0.29, 0.717) is 28.8 Å². The summed E-state index contributed by atoms with van der Waals surface area (Å²) >= 11 is 5.88. The summed E-state index contributed by atoms with van der Waals surface area (Å²) in [7, 11) is 1.52. The molecule has 0 radical (unpaired) electrons. The average molecular weight is 298 g/mol. The number of amides is 1. The molecule has 1 saturated carbocycles. The third-order valence-corrected chi connectivity index (χ3v) is 4.01. The van der Waals surface area contributed by atoms with Gasteiger partial charge in [0.1, 0.15) is 5.75 Å². The zero-order chi connectivity index (χ0) is 14.5. The molecule has 0 aromatic heterocycles. The van der Waals surface area contributed by atoms with E-state index in [0.717, 1.165) is 25.7 Å². The van der Waals surface area contributed by atoms with Crippen molar-refractivity contribution in [3.8, 4) is 5.75 Å². The van der Waals surface area contributed by atoms with Crippen molar-refractivity contribution < 1.29 is 14.6 Å². The Kier molecular flexibility index (Phi) is 5.26. The number of carbonyl (C=O) groups is 1. The fourth-order valence-corrected chi connectivity index (χ4v) is 2.70. The second kappa shape index (κ2) is 6.95. The van der Waals surface area contributed by atoms with Crippen LogP contribution in [0.15, 0.2) is 18.2 Å². The van der Waals surface area contributed by atoms with Crippen molar-refractivity contribution in [1.82, 2.24) is 5.32 Å². The highest BCUT2D eigenvalue weighted by Gasteiger charge is 2.20. The van der Waals surface area contributed by atoms with E-state index in [2.05, 4.69) is 5.32 Å². The fourth-order valence-electron chi connectivity index (χ4n) is 2.53. The van der Waals surface area contributed by atoms with Gasteiger partial charge < -0.3 is 15.2 Å². The Bertz CT molecular complexity index is 470. The van der Waals surface area contributed by atoms with Gasteiger partial charge in [-0.1, -0.05) is 11.6 Å². The number of aliphatic hydroxyl groups excluding tert-OH is 1. The van der Waals surface area contributed by atoms with Crippen molar-refractivity contribution >= 4 is 17.5 Å². The maximum Gasteiger partial charge on any atom is 0.255 e. The zero-order valence-electron chi connectivity index (χ0n) is 11.6. The number of nitrogens with one attached hydrogen (secondary N) is 1. The molecule has 0 spiro atoms. The topological polar surface area (TPSA) is 58.6 Å². The molecule has 0 atom stereocenters. The molecule has 1 amide bonds. The fraction of sp³-hybridized carbons (Fsp3) is 0.533. The van der Waals surface area contributed by atoms with Gasteiger partial charge in [-0.3, -0.25) is 4.79 Å². The zero-order valence-corrected chi connectivity index (χ0v) is 12.3. The SMILES string of the molecule is COc1cc(Cl)ccc1C(=O)NCC1CCC(O)CC1. The first kappa shape index (κ1) is 15.1. The van der Waals surface area contributed by atoms with Gasteiger partial charge in [0.15, 0.2) is 0 Å². The molecule has 2 N–H and O–H groups in total. The monoisotopic (exact) mass is 297 g/mol. The van der Waals surface area contributed by atoms with Crippen LogP contribution in [-0.4, -0.2) is 30.8 Å². The van der Waals surface area contributed by atoms with Crippen LogP contribution in [-0.2, 0) is 0 Å². The minimum Gasteiger partial charge on any atom is -0.496 e.